The highest BCUT2D eigenvalue weighted by Crippen LogP contribution is 2.17. The molecule has 0 aliphatic heterocycles. The summed E-state index contributed by atoms with van der Waals surface area (Å²) >= 11 is 1.53. The lowest BCUT2D eigenvalue weighted by atomic mass is 10.2. The first kappa shape index (κ1) is 14.2. The van der Waals surface area contributed by atoms with Gasteiger partial charge < -0.3 is 15.5 Å². The Balaban J connectivity index is 2.31. The SMILES string of the molecule is CC(CCCO)NCc1ccc(CC(=O)O)s1. The highest BCUT2D eigenvalue weighted by atomic mass is 32.1. The van der Waals surface area contributed by atoms with Crippen molar-refractivity contribution in [3.63, 3.8) is 0 Å². The van der Waals surface area contributed by atoms with Crippen molar-refractivity contribution in [2.45, 2.75) is 38.8 Å². The lowest BCUT2D eigenvalue weighted by molar-refractivity contribution is -0.136. The average Bonchev–Trinajstić information content (AvgIpc) is 2.70. The van der Waals surface area contributed by atoms with E-state index < -0.39 is 5.97 Å². The molecule has 4 nitrogen and oxygen atoms in total. The van der Waals surface area contributed by atoms with Crippen LogP contribution < -0.4 is 5.32 Å². The van der Waals surface area contributed by atoms with E-state index in [1.54, 1.807) is 0 Å². The summed E-state index contributed by atoms with van der Waals surface area (Å²) in [6, 6.07) is 4.20. The number of carbonyl (C=O) groups is 1. The van der Waals surface area contributed by atoms with Crippen LogP contribution in [0, 0.1) is 0 Å². The third kappa shape index (κ3) is 5.81. The fourth-order valence-corrected chi connectivity index (χ4v) is 2.50. The summed E-state index contributed by atoms with van der Waals surface area (Å²) in [5, 5.41) is 20.7. The zero-order chi connectivity index (χ0) is 12.7. The van der Waals surface area contributed by atoms with E-state index >= 15 is 0 Å². The van der Waals surface area contributed by atoms with Crippen molar-refractivity contribution in [1.82, 2.24) is 5.32 Å². The van der Waals surface area contributed by atoms with Gasteiger partial charge in [0.05, 0.1) is 6.42 Å². The predicted octanol–water partition coefficient (Wildman–Crippen LogP) is 1.63. The molecule has 0 amide bonds. The summed E-state index contributed by atoms with van der Waals surface area (Å²) in [7, 11) is 0. The highest BCUT2D eigenvalue weighted by Gasteiger charge is 2.06. The molecular formula is C12H19NO3S. The van der Waals surface area contributed by atoms with Crippen LogP contribution in [-0.4, -0.2) is 28.8 Å². The van der Waals surface area contributed by atoms with E-state index in [0.29, 0.717) is 6.04 Å². The third-order valence-electron chi connectivity index (χ3n) is 2.46. The Morgan fingerprint density at radius 1 is 1.47 bits per heavy atom. The van der Waals surface area contributed by atoms with Gasteiger partial charge in [-0.3, -0.25) is 4.79 Å². The van der Waals surface area contributed by atoms with Crippen molar-refractivity contribution in [3.05, 3.63) is 21.9 Å². The van der Waals surface area contributed by atoms with Crippen LogP contribution in [0.15, 0.2) is 12.1 Å². The maximum Gasteiger partial charge on any atom is 0.308 e. The molecule has 0 aliphatic rings. The monoisotopic (exact) mass is 257 g/mol. The standard InChI is InChI=1S/C12H19NO3S/c1-9(3-2-6-14)13-8-11-5-4-10(17-11)7-12(15)16/h4-5,9,13-14H,2-3,6-8H2,1H3,(H,15,16). The number of rotatable bonds is 8. The number of nitrogens with one attached hydrogen (secondary N) is 1. The zero-order valence-electron chi connectivity index (χ0n) is 9.98. The molecule has 96 valence electrons. The van der Waals surface area contributed by atoms with Gasteiger partial charge in [-0.05, 0) is 31.9 Å². The second kappa shape index (κ2) is 7.42. The summed E-state index contributed by atoms with van der Waals surface area (Å²) in [6.45, 7) is 3.08. The van der Waals surface area contributed by atoms with Gasteiger partial charge in [0, 0.05) is 28.9 Å². The molecule has 1 unspecified atom stereocenters. The van der Waals surface area contributed by atoms with Crippen LogP contribution in [-0.2, 0) is 17.8 Å². The fraction of sp³-hybridized carbons (Fsp3) is 0.583. The van der Waals surface area contributed by atoms with Gasteiger partial charge in [0.1, 0.15) is 0 Å². The van der Waals surface area contributed by atoms with E-state index in [-0.39, 0.29) is 13.0 Å². The molecule has 3 N–H and O–H groups in total. The van der Waals surface area contributed by atoms with Crippen LogP contribution >= 0.6 is 11.3 Å². The topological polar surface area (TPSA) is 69.6 Å². The molecule has 0 aromatic carbocycles. The van der Waals surface area contributed by atoms with E-state index in [2.05, 4.69) is 12.2 Å². The predicted molar refractivity (Wildman–Crippen MR) is 68.3 cm³/mol. The Morgan fingerprint density at radius 2 is 2.18 bits per heavy atom. The van der Waals surface area contributed by atoms with E-state index in [0.717, 1.165) is 29.1 Å². The van der Waals surface area contributed by atoms with Gasteiger partial charge in [0.15, 0.2) is 0 Å². The van der Waals surface area contributed by atoms with Crippen molar-refractivity contribution in [2.75, 3.05) is 6.61 Å². The maximum atomic E-state index is 10.5. The second-order valence-corrected chi connectivity index (χ2v) is 5.34. The second-order valence-electron chi connectivity index (χ2n) is 4.09. The van der Waals surface area contributed by atoms with Gasteiger partial charge in [0.25, 0.3) is 0 Å². The van der Waals surface area contributed by atoms with Crippen LogP contribution in [0.1, 0.15) is 29.5 Å². The highest BCUT2D eigenvalue weighted by molar-refractivity contribution is 7.12. The van der Waals surface area contributed by atoms with E-state index in [9.17, 15) is 4.79 Å². The third-order valence-corrected chi connectivity index (χ3v) is 3.55. The molecule has 1 atom stereocenters. The quantitative estimate of drug-likeness (QED) is 0.662. The number of hydrogen-bond donors (Lipinski definition) is 3. The molecule has 0 aliphatic carbocycles. The molecule has 0 saturated heterocycles. The van der Waals surface area contributed by atoms with E-state index in [4.69, 9.17) is 10.2 Å². The first-order valence-electron chi connectivity index (χ1n) is 5.75. The number of aliphatic hydroxyl groups is 1. The molecule has 1 aromatic rings. The van der Waals surface area contributed by atoms with E-state index in [1.165, 1.54) is 11.3 Å². The largest absolute Gasteiger partial charge is 0.481 e. The van der Waals surface area contributed by atoms with Gasteiger partial charge in [-0.15, -0.1) is 11.3 Å². The number of carboxylic acid groups (broad SMARTS) is 1. The Hall–Kier alpha value is -0.910. The minimum Gasteiger partial charge on any atom is -0.481 e. The van der Waals surface area contributed by atoms with E-state index in [1.807, 2.05) is 12.1 Å². The first-order chi connectivity index (χ1) is 8.11. The summed E-state index contributed by atoms with van der Waals surface area (Å²) < 4.78 is 0. The number of hydrogen-bond acceptors (Lipinski definition) is 4. The minimum atomic E-state index is -0.789. The van der Waals surface area contributed by atoms with Crippen molar-refractivity contribution in [2.24, 2.45) is 0 Å². The van der Waals surface area contributed by atoms with Gasteiger partial charge in [0.2, 0.25) is 0 Å². The number of aliphatic carboxylic acids is 1. The molecule has 0 bridgehead atoms. The zero-order valence-corrected chi connectivity index (χ0v) is 10.8. The molecular weight excluding hydrogens is 238 g/mol. The van der Waals surface area contributed by atoms with Crippen LogP contribution in [0.2, 0.25) is 0 Å². The number of carboxylic acids is 1. The smallest absolute Gasteiger partial charge is 0.308 e. The summed E-state index contributed by atoms with van der Waals surface area (Å²) in [6.07, 6.45) is 1.86. The molecule has 0 fully saturated rings. The van der Waals surface area contributed by atoms with Crippen molar-refractivity contribution < 1.29 is 15.0 Å². The molecule has 17 heavy (non-hydrogen) atoms. The molecule has 0 spiro atoms. The average molecular weight is 257 g/mol. The van der Waals surface area contributed by atoms with Crippen LogP contribution in [0.3, 0.4) is 0 Å². The van der Waals surface area contributed by atoms with Crippen LogP contribution in [0.4, 0.5) is 0 Å². The minimum absolute atomic E-state index is 0.102. The van der Waals surface area contributed by atoms with Gasteiger partial charge in [-0.25, -0.2) is 0 Å². The lowest BCUT2D eigenvalue weighted by Gasteiger charge is -2.11. The van der Waals surface area contributed by atoms with Gasteiger partial charge in [-0.2, -0.15) is 0 Å². The molecule has 1 heterocycles. The van der Waals surface area contributed by atoms with Crippen molar-refractivity contribution >= 4 is 17.3 Å². The van der Waals surface area contributed by atoms with Gasteiger partial charge >= 0.3 is 5.97 Å². The summed E-state index contributed by atoms with van der Waals surface area (Å²) in [5.41, 5.74) is 0. The fourth-order valence-electron chi connectivity index (χ4n) is 1.54. The Morgan fingerprint density at radius 3 is 2.82 bits per heavy atom. The van der Waals surface area contributed by atoms with Gasteiger partial charge in [-0.1, -0.05) is 0 Å². The summed E-state index contributed by atoms with van der Waals surface area (Å²) in [5.74, 6) is -0.789. The number of thiophene rings is 1. The molecule has 0 radical (unpaired) electrons. The molecule has 5 heteroatoms. The summed E-state index contributed by atoms with van der Waals surface area (Å²) in [4.78, 5) is 12.6. The first-order valence-corrected chi connectivity index (χ1v) is 6.57. The lowest BCUT2D eigenvalue weighted by Crippen LogP contribution is -2.25. The Bertz CT molecular complexity index is 351. The van der Waals surface area contributed by atoms with Crippen molar-refractivity contribution in [3.8, 4) is 0 Å². The maximum absolute atomic E-state index is 10.5. The van der Waals surface area contributed by atoms with Crippen molar-refractivity contribution in [1.29, 1.82) is 0 Å². The molecule has 1 rings (SSSR count). The Kier molecular flexibility index (Phi) is 6.18. The normalized spacial score (nSPS) is 12.6. The molecule has 1 aromatic heterocycles. The Labute approximate surface area is 105 Å². The molecule has 0 saturated carbocycles. The number of aliphatic hydroxyl groups excluding tert-OH is 1. The van der Waals surface area contributed by atoms with Crippen LogP contribution in [0.5, 0.6) is 0 Å². The van der Waals surface area contributed by atoms with Crippen LogP contribution in [0.25, 0.3) is 0 Å².